The minimum absolute atomic E-state index is 0.0813. The molecule has 0 aliphatic heterocycles. The maximum absolute atomic E-state index is 5.77. The maximum Gasteiger partial charge on any atom is 0.125 e. The summed E-state index contributed by atoms with van der Waals surface area (Å²) in [6.45, 7) is 10.6. The van der Waals surface area contributed by atoms with E-state index in [9.17, 15) is 0 Å². The lowest BCUT2D eigenvalue weighted by molar-refractivity contribution is 0.237. The van der Waals surface area contributed by atoms with Crippen LogP contribution < -0.4 is 10.5 Å². The summed E-state index contributed by atoms with van der Waals surface area (Å²) in [6, 6.07) is 5.88. The minimum Gasteiger partial charge on any atom is -0.491 e. The largest absolute Gasteiger partial charge is 0.491 e. The smallest absolute Gasteiger partial charge is 0.125 e. The van der Waals surface area contributed by atoms with Crippen molar-refractivity contribution in [2.45, 2.75) is 46.1 Å². The number of anilines is 1. The van der Waals surface area contributed by atoms with Crippen molar-refractivity contribution in [1.82, 2.24) is 0 Å². The van der Waals surface area contributed by atoms with E-state index in [0.717, 1.165) is 11.4 Å². The van der Waals surface area contributed by atoms with Gasteiger partial charge in [-0.05, 0) is 30.9 Å². The third-order valence-electron chi connectivity index (χ3n) is 2.18. The Bertz CT molecular complexity index is 337. The fourth-order valence-electron chi connectivity index (χ4n) is 1.51. The Morgan fingerprint density at radius 3 is 2.27 bits per heavy atom. The second kappa shape index (κ2) is 4.13. The van der Waals surface area contributed by atoms with E-state index in [-0.39, 0.29) is 11.5 Å². The first-order valence-electron chi connectivity index (χ1n) is 5.37. The fourth-order valence-corrected chi connectivity index (χ4v) is 1.51. The average molecular weight is 207 g/mol. The van der Waals surface area contributed by atoms with E-state index in [1.165, 1.54) is 5.56 Å². The van der Waals surface area contributed by atoms with Gasteiger partial charge in [0, 0.05) is 11.8 Å². The minimum atomic E-state index is 0.0813. The number of hydrogen-bond donors (Lipinski definition) is 1. The predicted octanol–water partition coefficient (Wildman–Crippen LogP) is 3.35. The van der Waals surface area contributed by atoms with Crippen molar-refractivity contribution in [2.75, 3.05) is 5.73 Å². The van der Waals surface area contributed by atoms with Crippen LogP contribution in [0.15, 0.2) is 18.2 Å². The van der Waals surface area contributed by atoms with E-state index in [1.807, 2.05) is 32.0 Å². The predicted molar refractivity (Wildman–Crippen MR) is 65.3 cm³/mol. The van der Waals surface area contributed by atoms with Gasteiger partial charge in [0.05, 0.1) is 6.10 Å². The Labute approximate surface area is 92.4 Å². The highest BCUT2D eigenvalue weighted by Crippen LogP contribution is 2.33. The molecule has 0 aliphatic rings. The van der Waals surface area contributed by atoms with Crippen LogP contribution in [0, 0.1) is 0 Å². The van der Waals surface area contributed by atoms with Crippen LogP contribution in [0.4, 0.5) is 5.69 Å². The number of hydrogen-bond acceptors (Lipinski definition) is 2. The van der Waals surface area contributed by atoms with Crippen LogP contribution in [0.5, 0.6) is 5.75 Å². The van der Waals surface area contributed by atoms with Crippen LogP contribution >= 0.6 is 0 Å². The standard InChI is InChI=1S/C13H21NO/c1-9(2)15-12-8-10(14)6-7-11(12)13(3,4)5/h6-9H,14H2,1-5H3. The maximum atomic E-state index is 5.77. The van der Waals surface area contributed by atoms with E-state index < -0.39 is 0 Å². The van der Waals surface area contributed by atoms with Crippen molar-refractivity contribution in [3.05, 3.63) is 23.8 Å². The van der Waals surface area contributed by atoms with Crippen molar-refractivity contribution in [3.63, 3.8) is 0 Å². The van der Waals surface area contributed by atoms with Gasteiger partial charge in [-0.1, -0.05) is 26.8 Å². The van der Waals surface area contributed by atoms with Gasteiger partial charge in [0.2, 0.25) is 0 Å². The molecule has 1 aromatic rings. The molecule has 0 unspecified atom stereocenters. The lowest BCUT2D eigenvalue weighted by Gasteiger charge is -2.24. The average Bonchev–Trinajstić information content (AvgIpc) is 1.99. The molecule has 0 heterocycles. The van der Waals surface area contributed by atoms with Crippen LogP contribution in [0.3, 0.4) is 0 Å². The zero-order valence-electron chi connectivity index (χ0n) is 10.3. The summed E-state index contributed by atoms with van der Waals surface area (Å²) >= 11 is 0. The van der Waals surface area contributed by atoms with Gasteiger partial charge in [-0.2, -0.15) is 0 Å². The number of nitrogens with two attached hydrogens (primary N) is 1. The molecule has 15 heavy (non-hydrogen) atoms. The van der Waals surface area contributed by atoms with Crippen LogP contribution in [0.2, 0.25) is 0 Å². The molecular formula is C13H21NO. The van der Waals surface area contributed by atoms with Gasteiger partial charge in [0.15, 0.2) is 0 Å². The molecular weight excluding hydrogens is 186 g/mol. The number of benzene rings is 1. The molecule has 1 rings (SSSR count). The molecule has 1 aromatic carbocycles. The van der Waals surface area contributed by atoms with E-state index in [0.29, 0.717) is 0 Å². The van der Waals surface area contributed by atoms with Gasteiger partial charge in [-0.25, -0.2) is 0 Å². The van der Waals surface area contributed by atoms with Crippen LogP contribution in [0.25, 0.3) is 0 Å². The molecule has 0 fully saturated rings. The summed E-state index contributed by atoms with van der Waals surface area (Å²) in [7, 11) is 0. The summed E-state index contributed by atoms with van der Waals surface area (Å²) in [4.78, 5) is 0. The Hall–Kier alpha value is -1.18. The van der Waals surface area contributed by atoms with E-state index in [4.69, 9.17) is 10.5 Å². The molecule has 0 aliphatic carbocycles. The van der Waals surface area contributed by atoms with E-state index >= 15 is 0 Å². The third kappa shape index (κ3) is 3.15. The molecule has 2 N–H and O–H groups in total. The first-order chi connectivity index (χ1) is 6.80. The number of rotatable bonds is 2. The van der Waals surface area contributed by atoms with Crippen molar-refractivity contribution in [2.24, 2.45) is 0 Å². The third-order valence-corrected chi connectivity index (χ3v) is 2.18. The van der Waals surface area contributed by atoms with Crippen LogP contribution in [-0.4, -0.2) is 6.10 Å². The summed E-state index contributed by atoms with van der Waals surface area (Å²) in [5.41, 5.74) is 7.80. The molecule has 0 saturated carbocycles. The molecule has 0 amide bonds. The molecule has 0 bridgehead atoms. The van der Waals surface area contributed by atoms with E-state index in [2.05, 4.69) is 20.8 Å². The van der Waals surface area contributed by atoms with Crippen LogP contribution in [0.1, 0.15) is 40.2 Å². The zero-order valence-corrected chi connectivity index (χ0v) is 10.3. The summed E-state index contributed by atoms with van der Waals surface area (Å²) in [5, 5.41) is 0. The first kappa shape index (κ1) is 11.9. The SMILES string of the molecule is CC(C)Oc1cc(N)ccc1C(C)(C)C. The van der Waals surface area contributed by atoms with E-state index in [1.54, 1.807) is 0 Å². The summed E-state index contributed by atoms with van der Waals surface area (Å²) in [5.74, 6) is 0.900. The summed E-state index contributed by atoms with van der Waals surface area (Å²) in [6.07, 6.45) is 0.174. The highest BCUT2D eigenvalue weighted by atomic mass is 16.5. The van der Waals surface area contributed by atoms with Gasteiger partial charge in [-0.3, -0.25) is 0 Å². The van der Waals surface area contributed by atoms with Gasteiger partial charge in [0.25, 0.3) is 0 Å². The molecule has 2 heteroatoms. The van der Waals surface area contributed by atoms with Crippen molar-refractivity contribution < 1.29 is 4.74 Å². The molecule has 0 aromatic heterocycles. The lowest BCUT2D eigenvalue weighted by atomic mass is 9.86. The highest BCUT2D eigenvalue weighted by Gasteiger charge is 2.19. The van der Waals surface area contributed by atoms with Crippen molar-refractivity contribution >= 4 is 5.69 Å². The van der Waals surface area contributed by atoms with Gasteiger partial charge in [-0.15, -0.1) is 0 Å². The quantitative estimate of drug-likeness (QED) is 0.755. The van der Waals surface area contributed by atoms with Gasteiger partial charge >= 0.3 is 0 Å². The summed E-state index contributed by atoms with van der Waals surface area (Å²) < 4.78 is 5.77. The lowest BCUT2D eigenvalue weighted by Crippen LogP contribution is -2.16. The Morgan fingerprint density at radius 2 is 1.80 bits per heavy atom. The van der Waals surface area contributed by atoms with Crippen molar-refractivity contribution in [3.8, 4) is 5.75 Å². The molecule has 2 nitrogen and oxygen atoms in total. The molecule has 0 atom stereocenters. The van der Waals surface area contributed by atoms with Gasteiger partial charge < -0.3 is 10.5 Å². The highest BCUT2D eigenvalue weighted by molar-refractivity contribution is 5.50. The molecule has 0 saturated heterocycles. The number of nitrogen functional groups attached to an aromatic ring is 1. The Morgan fingerprint density at radius 1 is 1.20 bits per heavy atom. The number of ether oxygens (including phenoxy) is 1. The topological polar surface area (TPSA) is 35.2 Å². The van der Waals surface area contributed by atoms with Crippen molar-refractivity contribution in [1.29, 1.82) is 0 Å². The Balaban J connectivity index is 3.15. The molecule has 0 radical (unpaired) electrons. The second-order valence-electron chi connectivity index (χ2n) is 5.17. The second-order valence-corrected chi connectivity index (χ2v) is 5.17. The first-order valence-corrected chi connectivity index (χ1v) is 5.37. The molecule has 0 spiro atoms. The van der Waals surface area contributed by atoms with Gasteiger partial charge in [0.1, 0.15) is 5.75 Å². The molecule has 84 valence electrons. The monoisotopic (exact) mass is 207 g/mol. The Kier molecular flexibility index (Phi) is 3.28. The fraction of sp³-hybridized carbons (Fsp3) is 0.538. The van der Waals surface area contributed by atoms with Crippen LogP contribution in [-0.2, 0) is 5.41 Å². The normalized spacial score (nSPS) is 11.9. The zero-order chi connectivity index (χ0) is 11.6.